The summed E-state index contributed by atoms with van der Waals surface area (Å²) in [6, 6.07) is 4.51. The fourth-order valence-electron chi connectivity index (χ4n) is 2.85. The molecule has 24 heavy (non-hydrogen) atoms. The van der Waals surface area contributed by atoms with Crippen LogP contribution in [0.4, 0.5) is 18.9 Å². The molecule has 1 aliphatic rings. The first-order valence-corrected chi connectivity index (χ1v) is 8.08. The molecule has 0 aromatic heterocycles. The summed E-state index contributed by atoms with van der Waals surface area (Å²) in [4.78, 5) is 15.4. The topological polar surface area (TPSA) is 32.8 Å². The van der Waals surface area contributed by atoms with Gasteiger partial charge < -0.3 is 14.5 Å². The third-order valence-corrected chi connectivity index (χ3v) is 4.27. The molecule has 1 heterocycles. The Morgan fingerprint density at radius 3 is 2.42 bits per heavy atom. The maximum absolute atomic E-state index is 13.4. The number of carbonyl (C=O) groups excluding carboxylic acids is 1. The van der Waals surface area contributed by atoms with Crippen LogP contribution in [-0.2, 0) is 22.1 Å². The molecule has 0 unspecified atom stereocenters. The minimum atomic E-state index is -4.38. The molecule has 0 radical (unpaired) electrons. The summed E-state index contributed by atoms with van der Waals surface area (Å²) in [7, 11) is 1.53. The van der Waals surface area contributed by atoms with Crippen molar-refractivity contribution >= 4 is 11.6 Å². The van der Waals surface area contributed by atoms with Gasteiger partial charge in [0.15, 0.2) is 0 Å². The van der Waals surface area contributed by atoms with Gasteiger partial charge in [0.2, 0.25) is 5.91 Å². The van der Waals surface area contributed by atoms with E-state index >= 15 is 0 Å². The van der Waals surface area contributed by atoms with E-state index in [1.54, 1.807) is 21.9 Å². The fraction of sp³-hybridized carbons (Fsp3) is 0.588. The van der Waals surface area contributed by atoms with Crippen molar-refractivity contribution in [2.75, 3.05) is 44.8 Å². The molecule has 1 saturated heterocycles. The highest BCUT2D eigenvalue weighted by Crippen LogP contribution is 2.37. The molecular weight excluding hydrogens is 321 g/mol. The van der Waals surface area contributed by atoms with Crippen LogP contribution in [0.25, 0.3) is 0 Å². The predicted molar refractivity (Wildman–Crippen MR) is 86.1 cm³/mol. The van der Waals surface area contributed by atoms with Crippen LogP contribution in [0.3, 0.4) is 0 Å². The second-order valence-electron chi connectivity index (χ2n) is 5.81. The van der Waals surface area contributed by atoms with Crippen LogP contribution in [-0.4, -0.2) is 50.7 Å². The smallest absolute Gasteiger partial charge is 0.384 e. The van der Waals surface area contributed by atoms with Gasteiger partial charge in [-0.3, -0.25) is 4.79 Å². The van der Waals surface area contributed by atoms with Crippen LogP contribution in [0.15, 0.2) is 18.2 Å². The molecule has 0 saturated carbocycles. The maximum atomic E-state index is 13.4. The van der Waals surface area contributed by atoms with E-state index in [1.165, 1.54) is 13.2 Å². The van der Waals surface area contributed by atoms with E-state index in [2.05, 4.69) is 0 Å². The van der Waals surface area contributed by atoms with Crippen LogP contribution < -0.4 is 4.90 Å². The van der Waals surface area contributed by atoms with E-state index in [4.69, 9.17) is 4.74 Å². The Labute approximate surface area is 140 Å². The number of amides is 1. The summed E-state index contributed by atoms with van der Waals surface area (Å²) in [6.45, 7) is 3.83. The number of nitrogens with zero attached hydrogens (tertiary/aromatic N) is 2. The summed E-state index contributed by atoms with van der Waals surface area (Å²) >= 11 is 0. The van der Waals surface area contributed by atoms with Crippen molar-refractivity contribution in [3.05, 3.63) is 29.3 Å². The molecular formula is C17H23F3N2O2. The Balaban J connectivity index is 2.10. The molecule has 1 aromatic carbocycles. The number of halogens is 3. The molecule has 1 amide bonds. The largest absolute Gasteiger partial charge is 0.418 e. The average molecular weight is 344 g/mol. The minimum absolute atomic E-state index is 0.0196. The molecule has 1 aliphatic heterocycles. The van der Waals surface area contributed by atoms with Crippen molar-refractivity contribution < 1.29 is 22.7 Å². The molecule has 2 rings (SSSR count). The number of carbonyl (C=O) groups is 1. The van der Waals surface area contributed by atoms with Crippen molar-refractivity contribution in [1.29, 1.82) is 0 Å². The quantitative estimate of drug-likeness (QED) is 0.823. The fourth-order valence-corrected chi connectivity index (χ4v) is 2.85. The van der Waals surface area contributed by atoms with Gasteiger partial charge in [-0.25, -0.2) is 0 Å². The standard InChI is InChI=1S/C17H23F3N2O2/c1-3-13-4-5-15(14(12-13)17(18,19)20)21-7-9-22(10-8-21)16(23)6-11-24-2/h4-5,12H,3,6-11H2,1-2H3. The van der Waals surface area contributed by atoms with Gasteiger partial charge in [0.1, 0.15) is 0 Å². The lowest BCUT2D eigenvalue weighted by Gasteiger charge is -2.37. The monoisotopic (exact) mass is 344 g/mol. The molecule has 4 nitrogen and oxygen atoms in total. The molecule has 7 heteroatoms. The summed E-state index contributed by atoms with van der Waals surface area (Å²) < 4.78 is 45.0. The Morgan fingerprint density at radius 1 is 1.21 bits per heavy atom. The Hall–Kier alpha value is -1.76. The molecule has 0 N–H and O–H groups in total. The number of benzene rings is 1. The number of alkyl halides is 3. The molecule has 0 atom stereocenters. The zero-order valence-electron chi connectivity index (χ0n) is 14.0. The second-order valence-corrected chi connectivity index (χ2v) is 5.81. The van der Waals surface area contributed by atoms with Gasteiger partial charge in [-0.2, -0.15) is 13.2 Å². The van der Waals surface area contributed by atoms with Crippen molar-refractivity contribution in [2.24, 2.45) is 0 Å². The zero-order chi connectivity index (χ0) is 17.7. The third-order valence-electron chi connectivity index (χ3n) is 4.27. The molecule has 134 valence electrons. The Kier molecular flexibility index (Phi) is 6.10. The first-order valence-electron chi connectivity index (χ1n) is 8.08. The summed E-state index contributed by atoms with van der Waals surface area (Å²) in [5.74, 6) is -0.0196. The van der Waals surface area contributed by atoms with E-state index in [0.717, 1.165) is 0 Å². The van der Waals surface area contributed by atoms with Crippen LogP contribution in [0.1, 0.15) is 24.5 Å². The van der Waals surface area contributed by atoms with E-state index < -0.39 is 11.7 Å². The van der Waals surface area contributed by atoms with Gasteiger partial charge in [-0.1, -0.05) is 13.0 Å². The van der Waals surface area contributed by atoms with E-state index in [-0.39, 0.29) is 11.6 Å². The molecule has 1 aromatic rings. The second kappa shape index (κ2) is 7.88. The van der Waals surface area contributed by atoms with Crippen molar-refractivity contribution in [2.45, 2.75) is 25.9 Å². The molecule has 0 bridgehead atoms. The number of hydrogen-bond donors (Lipinski definition) is 0. The number of hydrogen-bond acceptors (Lipinski definition) is 3. The Morgan fingerprint density at radius 2 is 1.88 bits per heavy atom. The summed E-state index contributed by atoms with van der Waals surface area (Å²) in [5, 5.41) is 0. The minimum Gasteiger partial charge on any atom is -0.384 e. The maximum Gasteiger partial charge on any atom is 0.418 e. The van der Waals surface area contributed by atoms with Gasteiger partial charge >= 0.3 is 6.18 Å². The van der Waals surface area contributed by atoms with Gasteiger partial charge in [-0.15, -0.1) is 0 Å². The van der Waals surface area contributed by atoms with E-state index in [0.29, 0.717) is 51.2 Å². The molecule has 0 spiro atoms. The van der Waals surface area contributed by atoms with E-state index in [9.17, 15) is 18.0 Å². The van der Waals surface area contributed by atoms with Crippen molar-refractivity contribution in [3.8, 4) is 0 Å². The van der Waals surface area contributed by atoms with Crippen LogP contribution in [0.5, 0.6) is 0 Å². The van der Waals surface area contributed by atoms with Gasteiger partial charge in [0, 0.05) is 39.0 Å². The highest BCUT2D eigenvalue weighted by molar-refractivity contribution is 5.76. The normalized spacial score (nSPS) is 15.7. The van der Waals surface area contributed by atoms with Crippen molar-refractivity contribution in [1.82, 2.24) is 4.90 Å². The molecule has 0 aliphatic carbocycles. The third kappa shape index (κ3) is 4.41. The number of ether oxygens (including phenoxy) is 1. The lowest BCUT2D eigenvalue weighted by Crippen LogP contribution is -2.49. The van der Waals surface area contributed by atoms with Crippen molar-refractivity contribution in [3.63, 3.8) is 0 Å². The first kappa shape index (κ1) is 18.6. The number of methoxy groups -OCH3 is 1. The Bertz CT molecular complexity index is 567. The number of anilines is 1. The highest BCUT2D eigenvalue weighted by Gasteiger charge is 2.36. The highest BCUT2D eigenvalue weighted by atomic mass is 19.4. The van der Waals surface area contributed by atoms with Crippen LogP contribution in [0, 0.1) is 0 Å². The predicted octanol–water partition coefficient (Wildman–Crippen LogP) is 2.95. The number of aryl methyl sites for hydroxylation is 1. The molecule has 1 fully saturated rings. The lowest BCUT2D eigenvalue weighted by molar-refractivity contribution is -0.137. The lowest BCUT2D eigenvalue weighted by atomic mass is 10.0. The van der Waals surface area contributed by atoms with Gasteiger partial charge in [0.05, 0.1) is 18.6 Å². The summed E-state index contributed by atoms with van der Waals surface area (Å²) in [6.07, 6.45) is -3.52. The SMILES string of the molecule is CCc1ccc(N2CCN(C(=O)CCOC)CC2)c(C(F)(F)F)c1. The number of piperazine rings is 1. The average Bonchev–Trinajstić information content (AvgIpc) is 2.58. The first-order chi connectivity index (χ1) is 11.4. The van der Waals surface area contributed by atoms with Crippen LogP contribution >= 0.6 is 0 Å². The zero-order valence-corrected chi connectivity index (χ0v) is 14.0. The van der Waals surface area contributed by atoms with Gasteiger partial charge in [0.25, 0.3) is 0 Å². The van der Waals surface area contributed by atoms with E-state index in [1.807, 2.05) is 6.92 Å². The number of rotatable bonds is 5. The van der Waals surface area contributed by atoms with Gasteiger partial charge in [-0.05, 0) is 24.1 Å². The summed E-state index contributed by atoms with van der Waals surface area (Å²) in [5.41, 5.74) is 0.268. The van der Waals surface area contributed by atoms with Crippen LogP contribution in [0.2, 0.25) is 0 Å².